The topological polar surface area (TPSA) is 27.0 Å². The van der Waals surface area contributed by atoms with Gasteiger partial charge in [-0.15, -0.1) is 0 Å². The first kappa shape index (κ1) is 15.5. The molecule has 0 radical (unpaired) electrons. The Balaban J connectivity index is 2.55. The van der Waals surface area contributed by atoms with Crippen LogP contribution < -0.4 is 0 Å². The van der Waals surface area contributed by atoms with Gasteiger partial charge in [-0.1, -0.05) is 34.1 Å². The van der Waals surface area contributed by atoms with E-state index in [1.165, 1.54) is 38.8 Å². The molecule has 0 aromatic carbocycles. The largest absolute Gasteiger partial charge is 0.299 e. The molecule has 0 aromatic rings. The summed E-state index contributed by atoms with van der Waals surface area (Å²) in [6.45, 7) is 11.5. The van der Waals surface area contributed by atoms with E-state index in [9.17, 15) is 5.26 Å². The van der Waals surface area contributed by atoms with Gasteiger partial charge in [-0.3, -0.25) is 4.90 Å². The molecule has 0 amide bonds. The molecule has 1 fully saturated rings. The van der Waals surface area contributed by atoms with E-state index in [1.807, 2.05) is 0 Å². The molecule has 0 aromatic heterocycles. The van der Waals surface area contributed by atoms with E-state index in [2.05, 4.69) is 38.7 Å². The van der Waals surface area contributed by atoms with Crippen LogP contribution in [-0.4, -0.2) is 24.0 Å². The van der Waals surface area contributed by atoms with Crippen LogP contribution in [0.25, 0.3) is 0 Å². The van der Waals surface area contributed by atoms with Gasteiger partial charge in [0, 0.05) is 6.04 Å². The quantitative estimate of drug-likeness (QED) is 0.681. The van der Waals surface area contributed by atoms with Crippen LogP contribution in [0, 0.1) is 29.1 Å². The van der Waals surface area contributed by atoms with Gasteiger partial charge in [0.05, 0.1) is 12.0 Å². The average Bonchev–Trinajstić information content (AvgIpc) is 2.76. The van der Waals surface area contributed by atoms with Crippen molar-refractivity contribution in [1.29, 1.82) is 5.26 Å². The Kier molecular flexibility index (Phi) is 6.71. The summed E-state index contributed by atoms with van der Waals surface area (Å²) in [5, 5.41) is 9.26. The summed E-state index contributed by atoms with van der Waals surface area (Å²) >= 11 is 0. The lowest BCUT2D eigenvalue weighted by molar-refractivity contribution is 0.160. The van der Waals surface area contributed by atoms with Gasteiger partial charge in [0.25, 0.3) is 0 Å². The van der Waals surface area contributed by atoms with Gasteiger partial charge >= 0.3 is 0 Å². The Morgan fingerprint density at radius 3 is 2.06 bits per heavy atom. The molecule has 2 heteroatoms. The lowest BCUT2D eigenvalue weighted by Gasteiger charge is -2.32. The van der Waals surface area contributed by atoms with Gasteiger partial charge < -0.3 is 0 Å². The van der Waals surface area contributed by atoms with Crippen molar-refractivity contribution in [1.82, 2.24) is 4.90 Å². The van der Waals surface area contributed by atoms with Crippen LogP contribution in [0.5, 0.6) is 0 Å². The maximum atomic E-state index is 9.26. The van der Waals surface area contributed by atoms with Crippen molar-refractivity contribution in [3.8, 4) is 6.07 Å². The number of rotatable bonds is 7. The van der Waals surface area contributed by atoms with Crippen molar-refractivity contribution < 1.29 is 0 Å². The second-order valence-corrected chi connectivity index (χ2v) is 6.63. The second kappa shape index (κ2) is 7.79. The van der Waals surface area contributed by atoms with Crippen molar-refractivity contribution in [2.75, 3.05) is 13.1 Å². The first-order valence-electron chi connectivity index (χ1n) is 7.68. The molecule has 0 aliphatic heterocycles. The zero-order valence-electron chi connectivity index (χ0n) is 12.7. The number of hydrogen-bond donors (Lipinski definition) is 0. The van der Waals surface area contributed by atoms with Gasteiger partial charge in [0.2, 0.25) is 0 Å². The molecular formula is C16H30N2. The zero-order valence-corrected chi connectivity index (χ0v) is 12.7. The number of hydrogen-bond acceptors (Lipinski definition) is 2. The monoisotopic (exact) mass is 250 g/mol. The highest BCUT2D eigenvalue weighted by atomic mass is 15.2. The molecule has 0 heterocycles. The Labute approximate surface area is 113 Å². The Morgan fingerprint density at radius 2 is 1.61 bits per heavy atom. The lowest BCUT2D eigenvalue weighted by atomic mass is 10.0. The minimum atomic E-state index is 0.282. The Bertz CT molecular complexity index is 253. The second-order valence-electron chi connectivity index (χ2n) is 6.63. The summed E-state index contributed by atoms with van der Waals surface area (Å²) < 4.78 is 0. The highest BCUT2D eigenvalue weighted by Gasteiger charge is 2.31. The Morgan fingerprint density at radius 1 is 1.06 bits per heavy atom. The predicted molar refractivity (Wildman–Crippen MR) is 77.2 cm³/mol. The molecule has 2 nitrogen and oxygen atoms in total. The summed E-state index contributed by atoms with van der Waals surface area (Å²) in [5.74, 6) is 1.80. The van der Waals surface area contributed by atoms with Crippen LogP contribution in [0.2, 0.25) is 0 Å². The molecule has 2 atom stereocenters. The van der Waals surface area contributed by atoms with E-state index in [0.717, 1.165) is 18.3 Å². The van der Waals surface area contributed by atoms with Crippen LogP contribution in [0.15, 0.2) is 0 Å². The molecule has 0 N–H and O–H groups in total. The molecule has 1 aliphatic rings. The van der Waals surface area contributed by atoms with E-state index in [1.54, 1.807) is 0 Å². The number of nitrogens with zero attached hydrogens (tertiary/aromatic N) is 2. The number of nitriles is 1. The summed E-state index contributed by atoms with van der Waals surface area (Å²) in [7, 11) is 0. The summed E-state index contributed by atoms with van der Waals surface area (Å²) in [6.07, 6.45) is 6.09. The van der Waals surface area contributed by atoms with Crippen LogP contribution in [0.3, 0.4) is 0 Å². The third kappa shape index (κ3) is 4.98. The van der Waals surface area contributed by atoms with Crippen molar-refractivity contribution in [3.05, 3.63) is 0 Å². The normalized spacial score (nSPS) is 24.1. The predicted octanol–water partition coefficient (Wildman–Crippen LogP) is 4.07. The fourth-order valence-corrected chi connectivity index (χ4v) is 2.82. The maximum Gasteiger partial charge on any atom is 0.0672 e. The highest BCUT2D eigenvalue weighted by molar-refractivity contribution is 4.97. The van der Waals surface area contributed by atoms with Crippen LogP contribution >= 0.6 is 0 Å². The lowest BCUT2D eigenvalue weighted by Crippen LogP contribution is -2.39. The molecule has 0 saturated heterocycles. The highest BCUT2D eigenvalue weighted by Crippen LogP contribution is 2.30. The molecule has 104 valence electrons. The van der Waals surface area contributed by atoms with E-state index in [-0.39, 0.29) is 5.92 Å². The molecule has 0 bridgehead atoms. The summed E-state index contributed by atoms with van der Waals surface area (Å²) in [5.41, 5.74) is 0. The molecule has 18 heavy (non-hydrogen) atoms. The van der Waals surface area contributed by atoms with E-state index in [0.29, 0.717) is 6.04 Å². The molecule has 2 unspecified atom stereocenters. The van der Waals surface area contributed by atoms with Crippen LogP contribution in [-0.2, 0) is 0 Å². The minimum Gasteiger partial charge on any atom is -0.299 e. The third-order valence-corrected chi connectivity index (χ3v) is 4.10. The van der Waals surface area contributed by atoms with Gasteiger partial charge in [0.15, 0.2) is 0 Å². The van der Waals surface area contributed by atoms with Crippen molar-refractivity contribution >= 4 is 0 Å². The molecule has 1 rings (SSSR count). The Hall–Kier alpha value is -0.550. The fourth-order valence-electron chi connectivity index (χ4n) is 2.82. The van der Waals surface area contributed by atoms with Crippen molar-refractivity contribution in [2.24, 2.45) is 17.8 Å². The van der Waals surface area contributed by atoms with Crippen LogP contribution in [0.1, 0.15) is 59.8 Å². The van der Waals surface area contributed by atoms with Gasteiger partial charge in [-0.25, -0.2) is 0 Å². The van der Waals surface area contributed by atoms with E-state index < -0.39 is 0 Å². The summed E-state index contributed by atoms with van der Waals surface area (Å²) in [6, 6.07) is 3.06. The van der Waals surface area contributed by atoms with Gasteiger partial charge in [-0.2, -0.15) is 5.26 Å². The zero-order chi connectivity index (χ0) is 13.5. The fraction of sp³-hybridized carbons (Fsp3) is 0.938. The van der Waals surface area contributed by atoms with Gasteiger partial charge in [-0.05, 0) is 50.6 Å². The van der Waals surface area contributed by atoms with Crippen molar-refractivity contribution in [3.63, 3.8) is 0 Å². The standard InChI is InChI=1S/C16H30N2/c1-13(2)8-10-18(11-9-14(3)4)16-7-5-6-15(16)12-17/h13-16H,5-11H2,1-4H3. The van der Waals surface area contributed by atoms with E-state index in [4.69, 9.17) is 0 Å². The van der Waals surface area contributed by atoms with Crippen molar-refractivity contribution in [2.45, 2.75) is 65.8 Å². The maximum absolute atomic E-state index is 9.26. The first-order valence-corrected chi connectivity index (χ1v) is 7.68. The van der Waals surface area contributed by atoms with Gasteiger partial charge in [0.1, 0.15) is 0 Å². The smallest absolute Gasteiger partial charge is 0.0672 e. The molecule has 1 saturated carbocycles. The third-order valence-electron chi connectivity index (χ3n) is 4.10. The molecule has 1 aliphatic carbocycles. The molecular weight excluding hydrogens is 220 g/mol. The van der Waals surface area contributed by atoms with E-state index >= 15 is 0 Å². The first-order chi connectivity index (χ1) is 8.54. The average molecular weight is 250 g/mol. The SMILES string of the molecule is CC(C)CCN(CCC(C)C)C1CCCC1C#N. The summed E-state index contributed by atoms with van der Waals surface area (Å²) in [4.78, 5) is 2.61. The van der Waals surface area contributed by atoms with Crippen LogP contribution in [0.4, 0.5) is 0 Å². The molecule has 0 spiro atoms. The minimum absolute atomic E-state index is 0.282.